The topological polar surface area (TPSA) is 60.6 Å². The highest BCUT2D eigenvalue weighted by Crippen LogP contribution is 2.33. The predicted octanol–water partition coefficient (Wildman–Crippen LogP) is 3.53. The Morgan fingerprint density at radius 1 is 1.19 bits per heavy atom. The molecule has 0 bridgehead atoms. The van der Waals surface area contributed by atoms with Crippen LogP contribution in [0.4, 0.5) is 0 Å². The number of para-hydroxylation sites is 1. The number of nitrogens with zero attached hydrogens (tertiary/aromatic N) is 3. The average Bonchev–Trinajstić information content (AvgIpc) is 3.13. The van der Waals surface area contributed by atoms with E-state index in [1.807, 2.05) is 30.3 Å². The molecule has 3 heterocycles. The zero-order valence-electron chi connectivity index (χ0n) is 14.7. The zero-order chi connectivity index (χ0) is 17.8. The maximum atomic E-state index is 5.92. The van der Waals surface area contributed by atoms with Gasteiger partial charge in [0.1, 0.15) is 5.69 Å². The van der Waals surface area contributed by atoms with Crippen molar-refractivity contribution in [2.45, 2.75) is 19.5 Å². The van der Waals surface area contributed by atoms with Crippen molar-refractivity contribution in [1.29, 1.82) is 0 Å². The van der Waals surface area contributed by atoms with E-state index in [1.54, 1.807) is 19.5 Å². The van der Waals surface area contributed by atoms with Gasteiger partial charge in [-0.05, 0) is 24.6 Å². The van der Waals surface area contributed by atoms with Crippen LogP contribution < -0.4 is 9.47 Å². The van der Waals surface area contributed by atoms with E-state index >= 15 is 0 Å². The second kappa shape index (κ2) is 7.58. The number of hydrogen-bond donors (Lipinski definition) is 0. The third-order valence-electron chi connectivity index (χ3n) is 4.45. The van der Waals surface area contributed by atoms with E-state index in [2.05, 4.69) is 21.1 Å². The van der Waals surface area contributed by atoms with Crippen LogP contribution in [-0.2, 0) is 13.1 Å². The number of benzene rings is 1. The van der Waals surface area contributed by atoms with Crippen LogP contribution in [0.1, 0.15) is 17.7 Å². The van der Waals surface area contributed by atoms with Gasteiger partial charge in [-0.3, -0.25) is 9.88 Å². The van der Waals surface area contributed by atoms with E-state index in [0.29, 0.717) is 13.2 Å². The molecule has 1 aliphatic rings. The van der Waals surface area contributed by atoms with Gasteiger partial charge >= 0.3 is 0 Å². The van der Waals surface area contributed by atoms with Gasteiger partial charge in [0.2, 0.25) is 0 Å². The number of aromatic nitrogens is 2. The number of fused-ring (bicyclic) bond motifs is 1. The average molecular weight is 351 g/mol. The molecule has 0 amide bonds. The molecule has 134 valence electrons. The Hall–Kier alpha value is -2.86. The van der Waals surface area contributed by atoms with Gasteiger partial charge in [0.15, 0.2) is 17.3 Å². The minimum Gasteiger partial charge on any atom is -0.493 e. The molecule has 6 nitrogen and oxygen atoms in total. The monoisotopic (exact) mass is 351 g/mol. The van der Waals surface area contributed by atoms with Crippen molar-refractivity contribution in [3.63, 3.8) is 0 Å². The Kier molecular flexibility index (Phi) is 4.84. The van der Waals surface area contributed by atoms with Crippen molar-refractivity contribution in [3.05, 3.63) is 60.1 Å². The number of rotatable bonds is 4. The second-order valence-electron chi connectivity index (χ2n) is 6.28. The lowest BCUT2D eigenvalue weighted by Crippen LogP contribution is -2.27. The lowest BCUT2D eigenvalue weighted by atomic mass is 10.1. The van der Waals surface area contributed by atoms with Gasteiger partial charge < -0.3 is 14.0 Å². The summed E-state index contributed by atoms with van der Waals surface area (Å²) in [6.07, 6.45) is 4.46. The van der Waals surface area contributed by atoms with Crippen molar-refractivity contribution in [1.82, 2.24) is 15.0 Å². The summed E-state index contributed by atoms with van der Waals surface area (Å²) >= 11 is 0. The Balaban J connectivity index is 1.52. The van der Waals surface area contributed by atoms with E-state index in [9.17, 15) is 0 Å². The molecule has 0 radical (unpaired) electrons. The summed E-state index contributed by atoms with van der Waals surface area (Å²) < 4.78 is 16.9. The smallest absolute Gasteiger partial charge is 0.165 e. The fourth-order valence-corrected chi connectivity index (χ4v) is 3.19. The van der Waals surface area contributed by atoms with Crippen molar-refractivity contribution in [3.8, 4) is 22.8 Å². The van der Waals surface area contributed by atoms with Gasteiger partial charge in [-0.1, -0.05) is 17.3 Å². The van der Waals surface area contributed by atoms with E-state index in [1.165, 1.54) is 0 Å². The van der Waals surface area contributed by atoms with E-state index < -0.39 is 0 Å². The number of methoxy groups -OCH3 is 1. The normalized spacial score (nSPS) is 14.8. The first-order valence-electron chi connectivity index (χ1n) is 8.70. The van der Waals surface area contributed by atoms with Gasteiger partial charge in [0.25, 0.3) is 0 Å². The van der Waals surface area contributed by atoms with Crippen LogP contribution in [0.5, 0.6) is 11.5 Å². The molecule has 3 aromatic rings. The molecule has 0 saturated carbocycles. The summed E-state index contributed by atoms with van der Waals surface area (Å²) in [6.45, 7) is 3.08. The van der Waals surface area contributed by atoms with Gasteiger partial charge in [-0.15, -0.1) is 0 Å². The van der Waals surface area contributed by atoms with Gasteiger partial charge in [-0.2, -0.15) is 0 Å². The summed E-state index contributed by atoms with van der Waals surface area (Å²) in [5.41, 5.74) is 2.96. The summed E-state index contributed by atoms with van der Waals surface area (Å²) in [5.74, 6) is 2.47. The quantitative estimate of drug-likeness (QED) is 0.717. The first-order valence-corrected chi connectivity index (χ1v) is 8.70. The highest BCUT2D eigenvalue weighted by Gasteiger charge is 2.19. The molecule has 0 saturated heterocycles. The Morgan fingerprint density at radius 3 is 2.92 bits per heavy atom. The molecule has 4 rings (SSSR count). The molecule has 0 atom stereocenters. The Bertz CT molecular complexity index is 864. The number of ether oxygens (including phenoxy) is 2. The van der Waals surface area contributed by atoms with Crippen LogP contribution in [-0.4, -0.2) is 35.3 Å². The third-order valence-corrected chi connectivity index (χ3v) is 4.45. The molecule has 2 aromatic heterocycles. The number of pyridine rings is 1. The molecule has 26 heavy (non-hydrogen) atoms. The molecule has 1 aliphatic heterocycles. The van der Waals surface area contributed by atoms with Crippen LogP contribution in [0.3, 0.4) is 0 Å². The second-order valence-corrected chi connectivity index (χ2v) is 6.28. The van der Waals surface area contributed by atoms with Crippen LogP contribution in [0, 0.1) is 0 Å². The van der Waals surface area contributed by atoms with Crippen LogP contribution in [0.2, 0.25) is 0 Å². The maximum Gasteiger partial charge on any atom is 0.165 e. The van der Waals surface area contributed by atoms with Gasteiger partial charge in [-0.25, -0.2) is 0 Å². The highest BCUT2D eigenvalue weighted by atomic mass is 16.5. The van der Waals surface area contributed by atoms with E-state index in [0.717, 1.165) is 53.6 Å². The van der Waals surface area contributed by atoms with Crippen molar-refractivity contribution in [2.75, 3.05) is 20.3 Å². The molecule has 6 heteroatoms. The first-order chi connectivity index (χ1) is 12.8. The predicted molar refractivity (Wildman–Crippen MR) is 97.0 cm³/mol. The molecule has 0 N–H and O–H groups in total. The summed E-state index contributed by atoms with van der Waals surface area (Å²) in [6, 6.07) is 11.9. The molecule has 0 aliphatic carbocycles. The summed E-state index contributed by atoms with van der Waals surface area (Å²) in [7, 11) is 1.67. The molecular formula is C20H21N3O3. The van der Waals surface area contributed by atoms with E-state index in [-0.39, 0.29) is 0 Å². The molecule has 0 unspecified atom stereocenters. The van der Waals surface area contributed by atoms with Crippen molar-refractivity contribution in [2.24, 2.45) is 0 Å². The zero-order valence-corrected chi connectivity index (χ0v) is 14.7. The standard InChI is InChI=1S/C20H21N3O3/c1-24-19-5-2-4-16-13-23(10-3-11-25-20(16)19)14-17-12-18(22-26-17)15-6-8-21-9-7-15/h2,4-9,12H,3,10-11,13-14H2,1H3. The minimum absolute atomic E-state index is 0.669. The Labute approximate surface area is 152 Å². The van der Waals surface area contributed by atoms with Crippen LogP contribution >= 0.6 is 0 Å². The minimum atomic E-state index is 0.669. The van der Waals surface area contributed by atoms with Gasteiger partial charge in [0, 0.05) is 42.7 Å². The summed E-state index contributed by atoms with van der Waals surface area (Å²) in [4.78, 5) is 6.38. The lowest BCUT2D eigenvalue weighted by molar-refractivity contribution is 0.180. The largest absolute Gasteiger partial charge is 0.493 e. The maximum absolute atomic E-state index is 5.92. The van der Waals surface area contributed by atoms with Crippen LogP contribution in [0.15, 0.2) is 53.3 Å². The summed E-state index contributed by atoms with van der Waals surface area (Å²) in [5, 5.41) is 4.19. The van der Waals surface area contributed by atoms with Gasteiger partial charge in [0.05, 0.1) is 20.3 Å². The fraction of sp³-hybridized carbons (Fsp3) is 0.300. The molecule has 1 aromatic carbocycles. The van der Waals surface area contributed by atoms with E-state index in [4.69, 9.17) is 14.0 Å². The molecule has 0 fully saturated rings. The SMILES string of the molecule is COc1cccc2c1OCCCN(Cc1cc(-c3ccncc3)no1)C2. The highest BCUT2D eigenvalue weighted by molar-refractivity contribution is 5.57. The van der Waals surface area contributed by atoms with Crippen molar-refractivity contribution >= 4 is 0 Å². The Morgan fingerprint density at radius 2 is 2.08 bits per heavy atom. The molecule has 0 spiro atoms. The van der Waals surface area contributed by atoms with Crippen molar-refractivity contribution < 1.29 is 14.0 Å². The lowest BCUT2D eigenvalue weighted by Gasteiger charge is -2.26. The number of hydrogen-bond acceptors (Lipinski definition) is 6. The molecular weight excluding hydrogens is 330 g/mol. The fourth-order valence-electron chi connectivity index (χ4n) is 3.19. The first kappa shape index (κ1) is 16.6. The third kappa shape index (κ3) is 3.55. The van der Waals surface area contributed by atoms with Crippen LogP contribution in [0.25, 0.3) is 11.3 Å².